The smallest absolute Gasteiger partial charge is 0.246 e. The van der Waals surface area contributed by atoms with Crippen LogP contribution in [0.25, 0.3) is 22.0 Å². The Balaban J connectivity index is 1.48. The van der Waals surface area contributed by atoms with Crippen molar-refractivity contribution in [2.75, 3.05) is 42.9 Å². The summed E-state index contributed by atoms with van der Waals surface area (Å²) in [6.07, 6.45) is 5.55. The van der Waals surface area contributed by atoms with E-state index in [-0.39, 0.29) is 51.8 Å². The number of nitrogens with one attached hydrogen (secondary N) is 1. The van der Waals surface area contributed by atoms with E-state index >= 15 is 4.39 Å². The molecule has 1 saturated carbocycles. The fourth-order valence-electron chi connectivity index (χ4n) is 4.69. The number of halogens is 1. The molecule has 0 bridgehead atoms. The number of ketones is 1. The van der Waals surface area contributed by atoms with Gasteiger partial charge in [0.25, 0.3) is 0 Å². The van der Waals surface area contributed by atoms with Crippen molar-refractivity contribution in [2.24, 2.45) is 0 Å². The van der Waals surface area contributed by atoms with Crippen LogP contribution in [0.15, 0.2) is 42.9 Å². The lowest BCUT2D eigenvalue weighted by Crippen LogP contribution is -2.48. The quantitative estimate of drug-likeness (QED) is 0.406. The minimum absolute atomic E-state index is 0.0614. The third-order valence-electron chi connectivity index (χ3n) is 7.12. The van der Waals surface area contributed by atoms with Crippen molar-refractivity contribution in [3.8, 4) is 17.0 Å². The predicted octanol–water partition coefficient (Wildman–Crippen LogP) is 2.93. The van der Waals surface area contributed by atoms with Gasteiger partial charge in [-0.25, -0.2) is 27.8 Å². The SMILES string of the molecule is [2H]c1nc(N2CCN(C(=O)/C=C/C(C)=O)CC2)c2c(F)c(-c3cnc(OC)c(NS(=O)(=O)C4CCC4)c3)ccc2n1. The van der Waals surface area contributed by atoms with Gasteiger partial charge >= 0.3 is 0 Å². The molecule has 2 aliphatic rings. The first-order valence-electron chi connectivity index (χ1n) is 13.3. The molecule has 0 unspecified atom stereocenters. The van der Waals surface area contributed by atoms with Gasteiger partial charge in [-0.1, -0.05) is 6.42 Å². The van der Waals surface area contributed by atoms with Gasteiger partial charge in [0.1, 0.15) is 25.0 Å². The molecular weight excluding hydrogens is 539 g/mol. The van der Waals surface area contributed by atoms with Crippen LogP contribution in [0.4, 0.5) is 15.9 Å². The summed E-state index contributed by atoms with van der Waals surface area (Å²) in [7, 11) is -2.29. The molecule has 0 spiro atoms. The molecule has 11 nitrogen and oxygen atoms in total. The minimum atomic E-state index is -3.66. The Hall–Kier alpha value is -4.13. The number of hydrogen-bond donors (Lipinski definition) is 1. The van der Waals surface area contributed by atoms with Crippen molar-refractivity contribution in [1.82, 2.24) is 19.9 Å². The summed E-state index contributed by atoms with van der Waals surface area (Å²) in [6, 6.07) is 4.55. The van der Waals surface area contributed by atoms with Crippen LogP contribution in [0.3, 0.4) is 0 Å². The van der Waals surface area contributed by atoms with E-state index in [1.165, 1.54) is 44.5 Å². The number of aromatic nitrogens is 3. The second-order valence-corrected chi connectivity index (χ2v) is 11.7. The molecular formula is C27H29FN6O5S. The van der Waals surface area contributed by atoms with Gasteiger partial charge in [-0.2, -0.15) is 0 Å². The second-order valence-electron chi connectivity index (χ2n) is 9.71. The zero-order valence-corrected chi connectivity index (χ0v) is 22.9. The molecule has 210 valence electrons. The number of rotatable bonds is 8. The number of ether oxygens (including phenoxy) is 1. The van der Waals surface area contributed by atoms with Crippen molar-refractivity contribution in [3.05, 3.63) is 48.7 Å². The summed E-state index contributed by atoms with van der Waals surface area (Å²) < 4.78 is 57.7. The van der Waals surface area contributed by atoms with Crippen LogP contribution in [-0.2, 0) is 19.6 Å². The highest BCUT2D eigenvalue weighted by molar-refractivity contribution is 7.93. The average molecular weight is 570 g/mol. The Labute approximate surface area is 232 Å². The van der Waals surface area contributed by atoms with E-state index in [2.05, 4.69) is 19.7 Å². The minimum Gasteiger partial charge on any atom is -0.480 e. The summed E-state index contributed by atoms with van der Waals surface area (Å²) in [5.41, 5.74) is 0.790. The van der Waals surface area contributed by atoms with Crippen LogP contribution in [0, 0.1) is 5.82 Å². The third-order valence-corrected chi connectivity index (χ3v) is 8.97. The molecule has 1 saturated heterocycles. The number of nitrogens with zero attached hydrogens (tertiary/aromatic N) is 5. The molecule has 0 atom stereocenters. The first-order chi connectivity index (χ1) is 19.6. The first kappa shape index (κ1) is 26.1. The lowest BCUT2D eigenvalue weighted by Gasteiger charge is -2.35. The summed E-state index contributed by atoms with van der Waals surface area (Å²) in [6.45, 7) is 2.64. The van der Waals surface area contributed by atoms with Crippen LogP contribution in [0.1, 0.15) is 27.6 Å². The molecule has 0 radical (unpaired) electrons. The van der Waals surface area contributed by atoms with Gasteiger partial charge < -0.3 is 14.5 Å². The number of carbonyl (C=O) groups is 2. The molecule has 3 heterocycles. The summed E-state index contributed by atoms with van der Waals surface area (Å²) in [5, 5.41) is -0.393. The zero-order valence-electron chi connectivity index (χ0n) is 23.1. The van der Waals surface area contributed by atoms with E-state index in [1.807, 2.05) is 0 Å². The third kappa shape index (κ3) is 5.46. The zero-order chi connectivity index (χ0) is 29.3. The maximum atomic E-state index is 16.3. The molecule has 1 aliphatic heterocycles. The summed E-state index contributed by atoms with van der Waals surface area (Å²) >= 11 is 0. The highest BCUT2D eigenvalue weighted by atomic mass is 32.2. The molecule has 2 aromatic heterocycles. The van der Waals surface area contributed by atoms with Gasteiger partial charge in [-0.3, -0.25) is 14.3 Å². The van der Waals surface area contributed by atoms with Crippen molar-refractivity contribution in [3.63, 3.8) is 0 Å². The number of pyridine rings is 1. The van der Waals surface area contributed by atoms with Crippen LogP contribution in [-0.4, -0.2) is 78.5 Å². The molecule has 1 N–H and O–H groups in total. The normalized spacial score (nSPS) is 16.6. The number of fused-ring (bicyclic) bond motifs is 1. The van der Waals surface area contributed by atoms with E-state index in [0.29, 0.717) is 44.6 Å². The maximum Gasteiger partial charge on any atom is 0.246 e. The fraction of sp³-hybridized carbons (Fsp3) is 0.370. The molecule has 1 amide bonds. The number of amides is 1. The monoisotopic (exact) mass is 569 g/mol. The lowest BCUT2D eigenvalue weighted by molar-refractivity contribution is -0.126. The Morgan fingerprint density at radius 2 is 1.90 bits per heavy atom. The number of methoxy groups -OCH3 is 1. The Morgan fingerprint density at radius 3 is 2.55 bits per heavy atom. The van der Waals surface area contributed by atoms with Crippen LogP contribution >= 0.6 is 0 Å². The number of carbonyl (C=O) groups excluding carboxylic acids is 2. The Kier molecular flexibility index (Phi) is 7.29. The summed E-state index contributed by atoms with van der Waals surface area (Å²) in [4.78, 5) is 39.5. The molecule has 5 rings (SSSR count). The number of piperazine rings is 1. The van der Waals surface area contributed by atoms with Crippen molar-refractivity contribution >= 4 is 44.1 Å². The number of hydrogen-bond acceptors (Lipinski definition) is 9. The molecule has 2 fully saturated rings. The van der Waals surface area contributed by atoms with E-state index < -0.39 is 21.1 Å². The van der Waals surface area contributed by atoms with Gasteiger partial charge in [-0.15, -0.1) is 0 Å². The van der Waals surface area contributed by atoms with Crippen molar-refractivity contribution in [2.45, 2.75) is 31.4 Å². The molecule has 40 heavy (non-hydrogen) atoms. The number of anilines is 2. The predicted molar refractivity (Wildman–Crippen MR) is 148 cm³/mol. The van der Waals surface area contributed by atoms with E-state index in [4.69, 9.17) is 6.11 Å². The van der Waals surface area contributed by atoms with Gasteiger partial charge in [0.2, 0.25) is 21.8 Å². The molecule has 1 aromatic carbocycles. The van der Waals surface area contributed by atoms with Gasteiger partial charge in [0, 0.05) is 49.6 Å². The first-order valence-corrected chi connectivity index (χ1v) is 14.4. The molecule has 3 aromatic rings. The van der Waals surface area contributed by atoms with E-state index in [0.717, 1.165) is 6.42 Å². The fourth-order valence-corrected chi connectivity index (χ4v) is 6.26. The lowest BCUT2D eigenvalue weighted by atomic mass is 10.0. The highest BCUT2D eigenvalue weighted by Gasteiger charge is 2.32. The molecule has 13 heteroatoms. The van der Waals surface area contributed by atoms with Crippen molar-refractivity contribution in [1.29, 1.82) is 0 Å². The largest absolute Gasteiger partial charge is 0.480 e. The van der Waals surface area contributed by atoms with Crippen LogP contribution in [0.2, 0.25) is 0 Å². The van der Waals surface area contributed by atoms with Crippen LogP contribution < -0.4 is 14.4 Å². The standard InChI is InChI=1S/C27H29FN6O5S/c1-17(35)6-9-23(36)33-10-12-34(13-11-33)26-24-21(30-16-31-26)8-7-20(25(24)28)18-14-22(27(39-2)29-15-18)32-40(37,38)19-4-3-5-19/h6-9,14-16,19,32H,3-5,10-13H2,1-2H3/b9-6+/i16D. The van der Waals surface area contributed by atoms with Gasteiger partial charge in [0.15, 0.2) is 5.78 Å². The van der Waals surface area contributed by atoms with Crippen LogP contribution in [0.5, 0.6) is 5.88 Å². The van der Waals surface area contributed by atoms with Gasteiger partial charge in [0.05, 0.1) is 23.3 Å². The number of benzene rings is 1. The maximum absolute atomic E-state index is 16.3. The summed E-state index contributed by atoms with van der Waals surface area (Å²) in [5.74, 6) is -0.893. The highest BCUT2D eigenvalue weighted by Crippen LogP contribution is 2.36. The topological polar surface area (TPSA) is 135 Å². The Bertz CT molecular complexity index is 1660. The van der Waals surface area contributed by atoms with E-state index in [9.17, 15) is 18.0 Å². The number of allylic oxidation sites excluding steroid dienone is 1. The average Bonchev–Trinajstić information content (AvgIpc) is 2.90. The van der Waals surface area contributed by atoms with E-state index in [1.54, 1.807) is 15.9 Å². The van der Waals surface area contributed by atoms with Crippen molar-refractivity contribution < 1.29 is 28.5 Å². The molecule has 1 aliphatic carbocycles. The number of sulfonamides is 1. The Morgan fingerprint density at radius 1 is 1.15 bits per heavy atom. The van der Waals surface area contributed by atoms with Gasteiger partial charge in [-0.05, 0) is 44.0 Å². The second kappa shape index (κ2) is 11.2.